The molecule has 1 aromatic carbocycles. The molecule has 0 spiro atoms. The first-order valence-corrected chi connectivity index (χ1v) is 7.00. The Hall–Kier alpha value is -0.850. The van der Waals surface area contributed by atoms with E-state index in [2.05, 4.69) is 5.32 Å². The van der Waals surface area contributed by atoms with E-state index in [1.54, 1.807) is 6.92 Å². The molecule has 0 fully saturated rings. The fourth-order valence-corrected chi connectivity index (χ4v) is 2.17. The van der Waals surface area contributed by atoms with E-state index in [1.807, 2.05) is 30.3 Å². The SMILES string of the molecule is CC(SCc1ccccc1)C(=O)NCC(F)(F)CN.Cl. The number of alkyl halides is 2. The van der Waals surface area contributed by atoms with Crippen LogP contribution in [0.5, 0.6) is 0 Å². The molecule has 7 heteroatoms. The van der Waals surface area contributed by atoms with Crippen molar-refractivity contribution in [3.8, 4) is 0 Å². The van der Waals surface area contributed by atoms with Gasteiger partial charge in [-0.3, -0.25) is 4.79 Å². The van der Waals surface area contributed by atoms with Gasteiger partial charge in [0, 0.05) is 5.75 Å². The maximum absolute atomic E-state index is 12.9. The number of benzene rings is 1. The van der Waals surface area contributed by atoms with Crippen LogP contribution in [-0.4, -0.2) is 30.2 Å². The van der Waals surface area contributed by atoms with E-state index < -0.39 is 24.9 Å². The smallest absolute Gasteiger partial charge is 0.277 e. The topological polar surface area (TPSA) is 55.1 Å². The van der Waals surface area contributed by atoms with Crippen molar-refractivity contribution in [2.45, 2.75) is 23.8 Å². The quantitative estimate of drug-likeness (QED) is 0.810. The van der Waals surface area contributed by atoms with Crippen molar-refractivity contribution in [2.75, 3.05) is 13.1 Å². The van der Waals surface area contributed by atoms with Gasteiger partial charge >= 0.3 is 0 Å². The second-order valence-electron chi connectivity index (χ2n) is 4.22. The number of rotatable bonds is 7. The lowest BCUT2D eigenvalue weighted by Crippen LogP contribution is -2.43. The van der Waals surface area contributed by atoms with E-state index in [0.29, 0.717) is 5.75 Å². The standard InChI is InChI=1S/C13H18F2N2OS.ClH/c1-10(12(18)17-9-13(14,15)8-16)19-7-11-5-3-2-4-6-11;/h2-6,10H,7-9,16H2,1H3,(H,17,18);1H. The highest BCUT2D eigenvalue weighted by molar-refractivity contribution is 7.99. The number of hydrogen-bond acceptors (Lipinski definition) is 3. The molecular formula is C13H19ClF2N2OS. The summed E-state index contributed by atoms with van der Waals surface area (Å²) in [7, 11) is 0. The van der Waals surface area contributed by atoms with E-state index in [1.165, 1.54) is 11.8 Å². The van der Waals surface area contributed by atoms with Gasteiger partial charge in [-0.25, -0.2) is 8.78 Å². The Kier molecular flexibility index (Phi) is 8.76. The Balaban J connectivity index is 0.00000361. The molecule has 1 unspecified atom stereocenters. The first-order chi connectivity index (χ1) is 8.94. The Morgan fingerprint density at radius 1 is 1.40 bits per heavy atom. The number of amides is 1. The molecule has 3 N–H and O–H groups in total. The number of carbonyl (C=O) groups is 1. The van der Waals surface area contributed by atoms with Gasteiger partial charge < -0.3 is 11.1 Å². The molecule has 1 rings (SSSR count). The van der Waals surface area contributed by atoms with Crippen molar-refractivity contribution in [3.05, 3.63) is 35.9 Å². The van der Waals surface area contributed by atoms with E-state index in [-0.39, 0.29) is 17.7 Å². The van der Waals surface area contributed by atoms with Gasteiger partial charge in [0.1, 0.15) is 0 Å². The van der Waals surface area contributed by atoms with Crippen LogP contribution in [0, 0.1) is 0 Å². The second kappa shape index (κ2) is 9.15. The zero-order valence-electron chi connectivity index (χ0n) is 11.1. The third-order valence-corrected chi connectivity index (χ3v) is 3.75. The summed E-state index contributed by atoms with van der Waals surface area (Å²) in [5, 5.41) is 1.84. The molecule has 3 nitrogen and oxygen atoms in total. The van der Waals surface area contributed by atoms with Gasteiger partial charge in [-0.15, -0.1) is 24.2 Å². The number of hydrogen-bond donors (Lipinski definition) is 2. The largest absolute Gasteiger partial charge is 0.349 e. The summed E-state index contributed by atoms with van der Waals surface area (Å²) in [5.41, 5.74) is 5.99. The van der Waals surface area contributed by atoms with Crippen LogP contribution >= 0.6 is 24.2 Å². The summed E-state index contributed by atoms with van der Waals surface area (Å²) < 4.78 is 25.8. The number of nitrogens with one attached hydrogen (secondary N) is 1. The van der Waals surface area contributed by atoms with Gasteiger partial charge in [0.05, 0.1) is 18.3 Å². The first kappa shape index (κ1) is 19.1. The van der Waals surface area contributed by atoms with Crippen LogP contribution in [0.1, 0.15) is 12.5 Å². The van der Waals surface area contributed by atoms with Crippen molar-refractivity contribution in [1.82, 2.24) is 5.32 Å². The fraction of sp³-hybridized carbons (Fsp3) is 0.462. The summed E-state index contributed by atoms with van der Waals surface area (Å²) in [5.74, 6) is -2.77. The zero-order chi connectivity index (χ0) is 14.3. The minimum absolute atomic E-state index is 0. The van der Waals surface area contributed by atoms with Crippen molar-refractivity contribution >= 4 is 30.1 Å². The summed E-state index contributed by atoms with van der Waals surface area (Å²) in [6.07, 6.45) is 0. The molecule has 0 bridgehead atoms. The third-order valence-electron chi connectivity index (χ3n) is 2.53. The number of thioether (sulfide) groups is 1. The predicted octanol–water partition coefficient (Wildman–Crippen LogP) is 2.44. The van der Waals surface area contributed by atoms with E-state index >= 15 is 0 Å². The molecule has 0 aliphatic heterocycles. The van der Waals surface area contributed by atoms with E-state index in [4.69, 9.17) is 5.73 Å². The molecular weight excluding hydrogens is 306 g/mol. The summed E-state index contributed by atoms with van der Waals surface area (Å²) in [6, 6.07) is 9.67. The highest BCUT2D eigenvalue weighted by Crippen LogP contribution is 2.18. The summed E-state index contributed by atoms with van der Waals surface area (Å²) in [4.78, 5) is 11.6. The lowest BCUT2D eigenvalue weighted by molar-refractivity contribution is -0.122. The lowest BCUT2D eigenvalue weighted by atomic mass is 10.2. The van der Waals surface area contributed by atoms with Crippen LogP contribution in [0.4, 0.5) is 8.78 Å². The highest BCUT2D eigenvalue weighted by atomic mass is 35.5. The van der Waals surface area contributed by atoms with Crippen LogP contribution in [0.3, 0.4) is 0 Å². The Morgan fingerprint density at radius 3 is 2.55 bits per heavy atom. The number of nitrogens with two attached hydrogens (primary N) is 1. The molecule has 0 saturated heterocycles. The molecule has 0 radical (unpaired) electrons. The molecule has 20 heavy (non-hydrogen) atoms. The van der Waals surface area contributed by atoms with Crippen molar-refractivity contribution in [2.24, 2.45) is 5.73 Å². The van der Waals surface area contributed by atoms with E-state index in [9.17, 15) is 13.6 Å². The van der Waals surface area contributed by atoms with Gasteiger partial charge in [-0.05, 0) is 12.5 Å². The third kappa shape index (κ3) is 7.07. The summed E-state index contributed by atoms with van der Waals surface area (Å²) >= 11 is 1.41. The maximum Gasteiger partial charge on any atom is 0.277 e. The van der Waals surface area contributed by atoms with Crippen LogP contribution in [-0.2, 0) is 10.5 Å². The predicted molar refractivity (Wildman–Crippen MR) is 81.5 cm³/mol. The summed E-state index contributed by atoms with van der Waals surface area (Å²) in [6.45, 7) is 0.223. The zero-order valence-corrected chi connectivity index (χ0v) is 12.8. The molecule has 1 atom stereocenters. The van der Waals surface area contributed by atoms with Gasteiger partial charge in [0.2, 0.25) is 5.91 Å². The molecule has 0 saturated carbocycles. The number of carbonyl (C=O) groups excluding carboxylic acids is 1. The highest BCUT2D eigenvalue weighted by Gasteiger charge is 2.28. The van der Waals surface area contributed by atoms with Crippen molar-refractivity contribution in [1.29, 1.82) is 0 Å². The molecule has 1 aromatic rings. The number of halogens is 3. The molecule has 0 aliphatic rings. The average molecular weight is 325 g/mol. The van der Waals surface area contributed by atoms with Crippen LogP contribution < -0.4 is 11.1 Å². The van der Waals surface area contributed by atoms with Gasteiger partial charge in [-0.1, -0.05) is 30.3 Å². The molecule has 114 valence electrons. The van der Waals surface area contributed by atoms with Crippen molar-refractivity contribution < 1.29 is 13.6 Å². The minimum Gasteiger partial charge on any atom is -0.349 e. The van der Waals surface area contributed by atoms with E-state index in [0.717, 1.165) is 5.56 Å². The van der Waals surface area contributed by atoms with Crippen molar-refractivity contribution in [3.63, 3.8) is 0 Å². The van der Waals surface area contributed by atoms with Crippen LogP contribution in [0.2, 0.25) is 0 Å². The van der Waals surface area contributed by atoms with Gasteiger partial charge in [-0.2, -0.15) is 0 Å². The van der Waals surface area contributed by atoms with Crippen LogP contribution in [0.15, 0.2) is 30.3 Å². The monoisotopic (exact) mass is 324 g/mol. The van der Waals surface area contributed by atoms with Gasteiger partial charge in [0.25, 0.3) is 5.92 Å². The van der Waals surface area contributed by atoms with Crippen LogP contribution in [0.25, 0.3) is 0 Å². The first-order valence-electron chi connectivity index (χ1n) is 5.96. The Labute approximate surface area is 128 Å². The molecule has 1 amide bonds. The second-order valence-corrected chi connectivity index (χ2v) is 5.55. The lowest BCUT2D eigenvalue weighted by Gasteiger charge is -2.17. The minimum atomic E-state index is -3.04. The maximum atomic E-state index is 12.9. The van der Waals surface area contributed by atoms with Gasteiger partial charge in [0.15, 0.2) is 0 Å². The molecule has 0 aliphatic carbocycles. The molecule has 0 aromatic heterocycles. The Bertz CT molecular complexity index is 407. The average Bonchev–Trinajstić information content (AvgIpc) is 2.43. The fourth-order valence-electron chi connectivity index (χ4n) is 1.30. The molecule has 0 heterocycles. The Morgan fingerprint density at radius 2 is 2.00 bits per heavy atom. The normalized spacial score (nSPS) is 12.4.